The second-order valence-electron chi connectivity index (χ2n) is 8.28. The van der Waals surface area contributed by atoms with Crippen molar-refractivity contribution < 1.29 is 27.4 Å². The molecule has 0 fully saturated rings. The van der Waals surface area contributed by atoms with E-state index in [1.54, 1.807) is 55.8 Å². The average Bonchev–Trinajstić information content (AvgIpc) is 2.94. The van der Waals surface area contributed by atoms with E-state index in [-0.39, 0.29) is 11.5 Å². The van der Waals surface area contributed by atoms with E-state index in [0.717, 1.165) is 4.57 Å². The molecule has 0 atom stereocenters. The number of hydrogen-bond acceptors (Lipinski definition) is 6. The average molecular weight is 532 g/mol. The smallest absolute Gasteiger partial charge is 0.417 e. The van der Waals surface area contributed by atoms with Gasteiger partial charge in [0.1, 0.15) is 28.6 Å². The maximum absolute atomic E-state index is 13.6. The molecule has 0 radical (unpaired) electrons. The molecule has 3 aromatic heterocycles. The first-order valence-electron chi connectivity index (χ1n) is 11.5. The fraction of sp³-hybridized carbons (Fsp3) is 0.0714. The van der Waals surface area contributed by atoms with Crippen molar-refractivity contribution in [2.24, 2.45) is 0 Å². The molecule has 0 bridgehead atoms. The molecule has 11 heteroatoms. The molecule has 2 aromatic carbocycles. The number of anilines is 1. The van der Waals surface area contributed by atoms with Crippen LogP contribution in [-0.2, 0) is 6.18 Å². The predicted molar refractivity (Wildman–Crippen MR) is 138 cm³/mol. The topological polar surface area (TPSA) is 95.3 Å². The van der Waals surface area contributed by atoms with Crippen LogP contribution in [0.25, 0.3) is 16.6 Å². The number of ether oxygens (including phenoxy) is 2. The molecule has 1 N–H and O–H groups in total. The lowest BCUT2D eigenvalue weighted by molar-refractivity contribution is -0.138. The van der Waals surface area contributed by atoms with Gasteiger partial charge in [-0.25, -0.2) is 4.98 Å². The Morgan fingerprint density at radius 2 is 1.72 bits per heavy atom. The second-order valence-corrected chi connectivity index (χ2v) is 8.28. The zero-order valence-corrected chi connectivity index (χ0v) is 20.3. The number of para-hydroxylation sites is 1. The van der Waals surface area contributed by atoms with E-state index in [2.05, 4.69) is 15.3 Å². The molecule has 196 valence electrons. The normalized spacial score (nSPS) is 11.3. The van der Waals surface area contributed by atoms with Gasteiger partial charge in [-0.2, -0.15) is 13.2 Å². The molecule has 5 aromatic rings. The van der Waals surface area contributed by atoms with Crippen LogP contribution in [0.15, 0.2) is 96.2 Å². The van der Waals surface area contributed by atoms with Crippen molar-refractivity contribution in [3.05, 3.63) is 113 Å². The van der Waals surface area contributed by atoms with Gasteiger partial charge in [-0.05, 0) is 54.6 Å². The van der Waals surface area contributed by atoms with Crippen molar-refractivity contribution in [1.82, 2.24) is 14.5 Å². The monoisotopic (exact) mass is 532 g/mol. The second kappa shape index (κ2) is 10.3. The van der Waals surface area contributed by atoms with Gasteiger partial charge in [-0.15, -0.1) is 0 Å². The Balaban J connectivity index is 1.40. The molecule has 0 unspecified atom stereocenters. The standard InChI is InChI=1S/C28H19F3N4O4/c1-38-19-7-9-23-21(14-19)24(11-12-32-23)39-20-8-10-25(33-15-20)34-26(36)22-13-17(28(29,30)31)16-35(27(22)37)18-5-3-2-4-6-18/h2-16H,1H3,(H,33,34,36). The van der Waals surface area contributed by atoms with Crippen LogP contribution in [-0.4, -0.2) is 27.6 Å². The lowest BCUT2D eigenvalue weighted by Gasteiger charge is -2.14. The first kappa shape index (κ1) is 25.5. The summed E-state index contributed by atoms with van der Waals surface area (Å²) in [5.41, 5.74) is -1.87. The van der Waals surface area contributed by atoms with E-state index in [9.17, 15) is 22.8 Å². The minimum absolute atomic E-state index is 0.0108. The SMILES string of the molecule is COc1ccc2nccc(Oc3ccc(NC(=O)c4cc(C(F)(F)F)cn(-c5ccccc5)c4=O)nc3)c2c1. The Kier molecular flexibility index (Phi) is 6.72. The predicted octanol–water partition coefficient (Wildman–Crippen LogP) is 5.85. The highest BCUT2D eigenvalue weighted by Crippen LogP contribution is 2.32. The number of aromatic nitrogens is 3. The molecule has 8 nitrogen and oxygen atoms in total. The summed E-state index contributed by atoms with van der Waals surface area (Å²) in [6, 6.07) is 18.2. The first-order valence-corrected chi connectivity index (χ1v) is 11.5. The van der Waals surface area contributed by atoms with Crippen LogP contribution < -0.4 is 20.3 Å². The minimum atomic E-state index is -4.78. The number of fused-ring (bicyclic) bond motifs is 1. The number of nitrogens with zero attached hydrogens (tertiary/aromatic N) is 3. The van der Waals surface area contributed by atoms with Gasteiger partial charge in [-0.3, -0.25) is 19.1 Å². The number of nitrogens with one attached hydrogen (secondary N) is 1. The number of methoxy groups -OCH3 is 1. The lowest BCUT2D eigenvalue weighted by Crippen LogP contribution is -2.30. The number of carbonyl (C=O) groups is 1. The number of hydrogen-bond donors (Lipinski definition) is 1. The van der Waals surface area contributed by atoms with Crippen LogP contribution in [0.5, 0.6) is 17.2 Å². The summed E-state index contributed by atoms with van der Waals surface area (Å²) in [6.07, 6.45) is -1.20. The number of pyridine rings is 3. The van der Waals surface area contributed by atoms with Crippen molar-refractivity contribution >= 4 is 22.6 Å². The summed E-state index contributed by atoms with van der Waals surface area (Å²) < 4.78 is 52.7. The highest BCUT2D eigenvalue weighted by atomic mass is 19.4. The Bertz CT molecular complexity index is 1720. The summed E-state index contributed by atoms with van der Waals surface area (Å²) in [7, 11) is 1.55. The molecule has 1 amide bonds. The van der Waals surface area contributed by atoms with Crippen LogP contribution in [0, 0.1) is 0 Å². The molecule has 0 aliphatic heterocycles. The fourth-order valence-corrected chi connectivity index (χ4v) is 3.82. The molecule has 0 aliphatic rings. The molecule has 0 aliphatic carbocycles. The molecule has 39 heavy (non-hydrogen) atoms. The summed E-state index contributed by atoms with van der Waals surface area (Å²) in [4.78, 5) is 34.3. The van der Waals surface area contributed by atoms with Crippen molar-refractivity contribution in [2.75, 3.05) is 12.4 Å². The van der Waals surface area contributed by atoms with Gasteiger partial charge in [0.15, 0.2) is 0 Å². The first-order chi connectivity index (χ1) is 18.7. The van der Waals surface area contributed by atoms with Gasteiger partial charge in [-0.1, -0.05) is 18.2 Å². The number of carbonyl (C=O) groups excluding carboxylic acids is 1. The van der Waals surface area contributed by atoms with E-state index in [0.29, 0.717) is 40.4 Å². The molecule has 0 saturated carbocycles. The van der Waals surface area contributed by atoms with Gasteiger partial charge in [0.25, 0.3) is 11.5 Å². The third-order valence-electron chi connectivity index (χ3n) is 5.74. The summed E-state index contributed by atoms with van der Waals surface area (Å²) in [6.45, 7) is 0. The maximum atomic E-state index is 13.6. The number of rotatable bonds is 6. The van der Waals surface area contributed by atoms with Crippen molar-refractivity contribution in [1.29, 1.82) is 0 Å². The highest BCUT2D eigenvalue weighted by molar-refractivity contribution is 6.03. The largest absolute Gasteiger partial charge is 0.497 e. The van der Waals surface area contributed by atoms with Gasteiger partial charge < -0.3 is 14.8 Å². The van der Waals surface area contributed by atoms with E-state index in [1.165, 1.54) is 30.5 Å². The Hall–Kier alpha value is -5.19. The molecule has 0 saturated heterocycles. The van der Waals surface area contributed by atoms with Gasteiger partial charge in [0, 0.05) is 23.5 Å². The van der Waals surface area contributed by atoms with Crippen LogP contribution in [0.1, 0.15) is 15.9 Å². The van der Waals surface area contributed by atoms with Gasteiger partial charge in [0.2, 0.25) is 0 Å². The molecule has 0 spiro atoms. The van der Waals surface area contributed by atoms with Crippen molar-refractivity contribution in [3.63, 3.8) is 0 Å². The third kappa shape index (κ3) is 5.42. The van der Waals surface area contributed by atoms with Gasteiger partial charge in [0.05, 0.1) is 24.4 Å². The van der Waals surface area contributed by atoms with E-state index in [4.69, 9.17) is 9.47 Å². The Labute approximate surface area is 219 Å². The van der Waals surface area contributed by atoms with Crippen molar-refractivity contribution in [2.45, 2.75) is 6.18 Å². The Morgan fingerprint density at radius 3 is 2.41 bits per heavy atom. The van der Waals surface area contributed by atoms with E-state index < -0.39 is 28.8 Å². The zero-order chi connectivity index (χ0) is 27.6. The number of benzene rings is 2. The molecular weight excluding hydrogens is 513 g/mol. The lowest BCUT2D eigenvalue weighted by atomic mass is 10.1. The number of amides is 1. The highest BCUT2D eigenvalue weighted by Gasteiger charge is 2.33. The minimum Gasteiger partial charge on any atom is -0.497 e. The zero-order valence-electron chi connectivity index (χ0n) is 20.3. The van der Waals surface area contributed by atoms with Crippen LogP contribution >= 0.6 is 0 Å². The fourth-order valence-electron chi connectivity index (χ4n) is 3.82. The van der Waals surface area contributed by atoms with Crippen molar-refractivity contribution in [3.8, 4) is 22.9 Å². The summed E-state index contributed by atoms with van der Waals surface area (Å²) in [5.74, 6) is 0.412. The van der Waals surface area contributed by atoms with Crippen LogP contribution in [0.4, 0.5) is 19.0 Å². The van der Waals surface area contributed by atoms with Gasteiger partial charge >= 0.3 is 6.18 Å². The van der Waals surface area contributed by atoms with E-state index >= 15 is 0 Å². The quantitative estimate of drug-likeness (QED) is 0.295. The van der Waals surface area contributed by atoms with Crippen LogP contribution in [0.3, 0.4) is 0 Å². The number of alkyl halides is 3. The Morgan fingerprint density at radius 1 is 0.949 bits per heavy atom. The van der Waals surface area contributed by atoms with Crippen LogP contribution in [0.2, 0.25) is 0 Å². The third-order valence-corrected chi connectivity index (χ3v) is 5.74. The van der Waals surface area contributed by atoms with E-state index in [1.807, 2.05) is 0 Å². The molecule has 5 rings (SSSR count). The maximum Gasteiger partial charge on any atom is 0.417 e. The molecular formula is C28H19F3N4O4. The molecule has 3 heterocycles. The summed E-state index contributed by atoms with van der Waals surface area (Å²) in [5, 5.41) is 3.08. The number of halogens is 3. The summed E-state index contributed by atoms with van der Waals surface area (Å²) >= 11 is 0.